The van der Waals surface area contributed by atoms with Gasteiger partial charge in [0.05, 0.1) is 6.33 Å². The molecule has 0 aliphatic heterocycles. The van der Waals surface area contributed by atoms with Crippen LogP contribution >= 0.6 is 0 Å². The quantitative estimate of drug-likeness (QED) is 0.732. The Morgan fingerprint density at radius 1 is 1.67 bits per heavy atom. The maximum Gasteiger partial charge on any atom is 0.0948 e. The minimum Gasteiger partial charge on any atom is -0.335 e. The molecule has 0 amide bonds. The third kappa shape index (κ3) is 2.34. The van der Waals surface area contributed by atoms with E-state index in [2.05, 4.69) is 16.5 Å². The van der Waals surface area contributed by atoms with Crippen molar-refractivity contribution in [1.82, 2.24) is 9.55 Å². The van der Waals surface area contributed by atoms with Gasteiger partial charge in [-0.15, -0.1) is 0 Å². The lowest BCUT2D eigenvalue weighted by atomic mass is 10.1. The van der Waals surface area contributed by atoms with Crippen LogP contribution in [0.15, 0.2) is 12.5 Å². The maximum absolute atomic E-state index is 5.67. The molecule has 0 aliphatic carbocycles. The fraction of sp³-hybridized carbons (Fsp3) is 0.667. The lowest BCUT2D eigenvalue weighted by Crippen LogP contribution is -2.16. The Labute approximate surface area is 73.6 Å². The van der Waals surface area contributed by atoms with E-state index in [9.17, 15) is 0 Å². The monoisotopic (exact) mass is 167 g/mol. The van der Waals surface area contributed by atoms with Crippen LogP contribution in [-0.4, -0.2) is 15.6 Å². The van der Waals surface area contributed by atoms with Crippen molar-refractivity contribution < 1.29 is 0 Å². The Balaban J connectivity index is 2.50. The van der Waals surface area contributed by atoms with Gasteiger partial charge in [0.25, 0.3) is 0 Å². The van der Waals surface area contributed by atoms with Gasteiger partial charge < -0.3 is 10.3 Å². The number of aromatic nitrogens is 2. The number of nitrogens with two attached hydrogens (primary N) is 1. The van der Waals surface area contributed by atoms with Crippen LogP contribution in [0.4, 0.5) is 0 Å². The second-order valence-electron chi connectivity index (χ2n) is 3.19. The van der Waals surface area contributed by atoms with E-state index in [-0.39, 0.29) is 6.04 Å². The molecule has 0 spiro atoms. The van der Waals surface area contributed by atoms with Gasteiger partial charge >= 0.3 is 0 Å². The highest BCUT2D eigenvalue weighted by atomic mass is 15.0. The predicted molar refractivity (Wildman–Crippen MR) is 49.9 cm³/mol. The summed E-state index contributed by atoms with van der Waals surface area (Å²) in [6, 6.07) is 0.283. The first-order valence-corrected chi connectivity index (χ1v) is 4.48. The molecule has 0 bridgehead atoms. The maximum atomic E-state index is 5.67. The van der Waals surface area contributed by atoms with Gasteiger partial charge in [0, 0.05) is 24.5 Å². The first kappa shape index (κ1) is 9.26. The molecule has 1 unspecified atom stereocenters. The van der Waals surface area contributed by atoms with E-state index in [1.165, 1.54) is 5.69 Å². The van der Waals surface area contributed by atoms with Gasteiger partial charge in [-0.25, -0.2) is 4.98 Å². The highest BCUT2D eigenvalue weighted by Crippen LogP contribution is 2.03. The van der Waals surface area contributed by atoms with E-state index in [4.69, 9.17) is 5.73 Å². The fourth-order valence-corrected chi connectivity index (χ4v) is 1.22. The molecule has 0 saturated carbocycles. The lowest BCUT2D eigenvalue weighted by Gasteiger charge is -2.06. The Hall–Kier alpha value is -0.830. The third-order valence-corrected chi connectivity index (χ3v) is 2.00. The van der Waals surface area contributed by atoms with E-state index in [1.807, 2.05) is 19.4 Å². The van der Waals surface area contributed by atoms with Crippen LogP contribution in [0.3, 0.4) is 0 Å². The van der Waals surface area contributed by atoms with Crippen molar-refractivity contribution in [3.8, 4) is 0 Å². The van der Waals surface area contributed by atoms with Crippen LogP contribution < -0.4 is 5.73 Å². The van der Waals surface area contributed by atoms with Gasteiger partial charge in [-0.1, -0.05) is 0 Å². The van der Waals surface area contributed by atoms with Crippen LogP contribution in [-0.2, 0) is 13.0 Å². The first-order valence-electron chi connectivity index (χ1n) is 4.48. The van der Waals surface area contributed by atoms with Crippen LogP contribution in [0, 0.1) is 0 Å². The number of aryl methyl sites for hydroxylation is 2. The standard InChI is InChI=1S/C9H17N3/c1-3-12-7-11-6-9(12)5-4-8(2)10/h6-8H,3-5,10H2,1-2H3. The SMILES string of the molecule is CCn1cncc1CCC(C)N. The number of nitrogens with zero attached hydrogens (tertiary/aromatic N) is 2. The molecule has 3 heteroatoms. The van der Waals surface area contributed by atoms with Gasteiger partial charge in [-0.3, -0.25) is 0 Å². The van der Waals surface area contributed by atoms with E-state index >= 15 is 0 Å². The van der Waals surface area contributed by atoms with Crippen molar-refractivity contribution in [2.75, 3.05) is 0 Å². The Kier molecular flexibility index (Phi) is 3.29. The summed E-state index contributed by atoms with van der Waals surface area (Å²) in [7, 11) is 0. The van der Waals surface area contributed by atoms with Crippen LogP contribution in [0.5, 0.6) is 0 Å². The average molecular weight is 167 g/mol. The van der Waals surface area contributed by atoms with E-state index in [1.54, 1.807) is 0 Å². The lowest BCUT2D eigenvalue weighted by molar-refractivity contribution is 0.626. The number of hydrogen-bond acceptors (Lipinski definition) is 2. The second kappa shape index (κ2) is 4.26. The molecule has 0 aromatic carbocycles. The van der Waals surface area contributed by atoms with Gasteiger partial charge in [0.15, 0.2) is 0 Å². The van der Waals surface area contributed by atoms with E-state index < -0.39 is 0 Å². The molecule has 2 N–H and O–H groups in total. The zero-order valence-electron chi connectivity index (χ0n) is 7.83. The minimum absolute atomic E-state index is 0.283. The molecule has 1 aromatic heterocycles. The summed E-state index contributed by atoms with van der Waals surface area (Å²) in [6.45, 7) is 5.15. The van der Waals surface area contributed by atoms with Crippen molar-refractivity contribution in [3.63, 3.8) is 0 Å². The third-order valence-electron chi connectivity index (χ3n) is 2.00. The second-order valence-corrected chi connectivity index (χ2v) is 3.19. The van der Waals surface area contributed by atoms with Gasteiger partial charge in [-0.05, 0) is 26.7 Å². The molecule has 0 saturated heterocycles. The molecule has 1 rings (SSSR count). The van der Waals surface area contributed by atoms with Crippen molar-refractivity contribution in [2.45, 2.75) is 39.3 Å². The largest absolute Gasteiger partial charge is 0.335 e. The van der Waals surface area contributed by atoms with Crippen LogP contribution in [0.25, 0.3) is 0 Å². The summed E-state index contributed by atoms with van der Waals surface area (Å²) >= 11 is 0. The number of hydrogen-bond donors (Lipinski definition) is 1. The smallest absolute Gasteiger partial charge is 0.0948 e. The first-order chi connectivity index (χ1) is 5.74. The molecule has 0 aliphatic rings. The molecule has 12 heavy (non-hydrogen) atoms. The van der Waals surface area contributed by atoms with Crippen molar-refractivity contribution in [3.05, 3.63) is 18.2 Å². The highest BCUT2D eigenvalue weighted by Gasteiger charge is 2.01. The summed E-state index contributed by atoms with van der Waals surface area (Å²) in [5.74, 6) is 0. The number of rotatable bonds is 4. The van der Waals surface area contributed by atoms with Crippen LogP contribution in [0.1, 0.15) is 26.0 Å². The molecule has 1 aromatic rings. The highest BCUT2D eigenvalue weighted by molar-refractivity contribution is 4.98. The minimum atomic E-state index is 0.283. The Morgan fingerprint density at radius 2 is 2.42 bits per heavy atom. The normalized spacial score (nSPS) is 13.2. The zero-order valence-corrected chi connectivity index (χ0v) is 7.83. The summed E-state index contributed by atoms with van der Waals surface area (Å²) in [5, 5.41) is 0. The Morgan fingerprint density at radius 3 is 3.00 bits per heavy atom. The van der Waals surface area contributed by atoms with Gasteiger partial charge in [-0.2, -0.15) is 0 Å². The summed E-state index contributed by atoms with van der Waals surface area (Å²) in [6.07, 6.45) is 5.86. The summed E-state index contributed by atoms with van der Waals surface area (Å²) < 4.78 is 2.16. The molecule has 68 valence electrons. The average Bonchev–Trinajstić information content (AvgIpc) is 2.47. The molecular formula is C9H17N3. The van der Waals surface area contributed by atoms with E-state index in [0.29, 0.717) is 0 Å². The van der Waals surface area contributed by atoms with Gasteiger partial charge in [0.1, 0.15) is 0 Å². The molecule has 3 nitrogen and oxygen atoms in total. The van der Waals surface area contributed by atoms with E-state index in [0.717, 1.165) is 19.4 Å². The zero-order chi connectivity index (χ0) is 8.97. The molecule has 1 heterocycles. The summed E-state index contributed by atoms with van der Waals surface area (Å²) in [5.41, 5.74) is 6.96. The molecule has 0 radical (unpaired) electrons. The van der Waals surface area contributed by atoms with Crippen molar-refractivity contribution in [1.29, 1.82) is 0 Å². The Bertz CT molecular complexity index is 227. The summed E-state index contributed by atoms with van der Waals surface area (Å²) in [4.78, 5) is 4.09. The number of imidazole rings is 1. The molecular weight excluding hydrogens is 150 g/mol. The van der Waals surface area contributed by atoms with Crippen molar-refractivity contribution in [2.24, 2.45) is 5.73 Å². The van der Waals surface area contributed by atoms with Crippen molar-refractivity contribution >= 4 is 0 Å². The topological polar surface area (TPSA) is 43.8 Å². The van der Waals surface area contributed by atoms with Crippen LogP contribution in [0.2, 0.25) is 0 Å². The molecule has 0 fully saturated rings. The predicted octanol–water partition coefficient (Wildman–Crippen LogP) is 1.18. The molecule has 1 atom stereocenters. The fourth-order valence-electron chi connectivity index (χ4n) is 1.22. The van der Waals surface area contributed by atoms with Gasteiger partial charge in [0.2, 0.25) is 0 Å².